The maximum Gasteiger partial charge on any atom is 0.316 e. The fraction of sp³-hybridized carbons (Fsp3) is 0.562. The Balaban J connectivity index is 1.98. The van der Waals surface area contributed by atoms with Gasteiger partial charge in [-0.3, -0.25) is 4.79 Å². The summed E-state index contributed by atoms with van der Waals surface area (Å²) in [7, 11) is 0. The SMILES string of the molecule is CCOC(=O)CSc1nc(CC)nc2sc3c(c12)CCCC3. The van der Waals surface area contributed by atoms with Crippen LogP contribution >= 0.6 is 23.1 Å². The third-order valence-electron chi connectivity index (χ3n) is 3.78. The number of carbonyl (C=O) groups excluding carboxylic acids is 1. The molecule has 0 saturated carbocycles. The first kappa shape index (κ1) is 15.7. The summed E-state index contributed by atoms with van der Waals surface area (Å²) in [6.07, 6.45) is 5.57. The summed E-state index contributed by atoms with van der Waals surface area (Å²) in [4.78, 5) is 23.6. The number of thioether (sulfide) groups is 1. The van der Waals surface area contributed by atoms with Gasteiger partial charge >= 0.3 is 5.97 Å². The Morgan fingerprint density at radius 1 is 1.27 bits per heavy atom. The van der Waals surface area contributed by atoms with E-state index in [1.165, 1.54) is 40.4 Å². The van der Waals surface area contributed by atoms with Crippen molar-refractivity contribution in [2.75, 3.05) is 12.4 Å². The predicted octanol–water partition coefficient (Wildman–Crippen LogP) is 3.79. The van der Waals surface area contributed by atoms with E-state index in [4.69, 9.17) is 9.72 Å². The van der Waals surface area contributed by atoms with Gasteiger partial charge in [0.05, 0.1) is 12.4 Å². The van der Waals surface area contributed by atoms with Crippen molar-refractivity contribution in [1.82, 2.24) is 9.97 Å². The van der Waals surface area contributed by atoms with Gasteiger partial charge in [-0.2, -0.15) is 0 Å². The summed E-state index contributed by atoms with van der Waals surface area (Å²) in [6, 6.07) is 0. The van der Waals surface area contributed by atoms with Crippen LogP contribution in [0.5, 0.6) is 0 Å². The molecule has 0 unspecified atom stereocenters. The van der Waals surface area contributed by atoms with E-state index in [0.717, 1.165) is 34.9 Å². The average molecular weight is 336 g/mol. The van der Waals surface area contributed by atoms with Crippen LogP contribution in [0.4, 0.5) is 0 Å². The minimum atomic E-state index is -0.179. The monoisotopic (exact) mass is 336 g/mol. The Hall–Kier alpha value is -1.14. The molecule has 1 aliphatic rings. The third-order valence-corrected chi connectivity index (χ3v) is 5.91. The van der Waals surface area contributed by atoms with Gasteiger partial charge in [0, 0.05) is 16.7 Å². The zero-order valence-corrected chi connectivity index (χ0v) is 14.6. The van der Waals surface area contributed by atoms with Crippen molar-refractivity contribution in [3.05, 3.63) is 16.3 Å². The normalized spacial score (nSPS) is 14.1. The van der Waals surface area contributed by atoms with E-state index in [2.05, 4.69) is 11.9 Å². The number of aryl methyl sites for hydroxylation is 3. The molecule has 2 heterocycles. The van der Waals surface area contributed by atoms with Crippen LogP contribution in [0.3, 0.4) is 0 Å². The molecule has 0 radical (unpaired) electrons. The number of hydrogen-bond acceptors (Lipinski definition) is 6. The zero-order chi connectivity index (χ0) is 15.5. The summed E-state index contributed by atoms with van der Waals surface area (Å²) in [5.41, 5.74) is 1.42. The van der Waals surface area contributed by atoms with Crippen molar-refractivity contribution in [2.45, 2.75) is 51.0 Å². The standard InChI is InChI=1S/C16H20N2O2S2/c1-3-12-17-15(21-9-13(19)20-4-2)14-10-7-5-6-8-11(10)22-16(14)18-12/h3-9H2,1-2H3. The highest BCUT2D eigenvalue weighted by molar-refractivity contribution is 8.00. The lowest BCUT2D eigenvalue weighted by Crippen LogP contribution is -2.07. The van der Waals surface area contributed by atoms with Crippen molar-refractivity contribution in [3.63, 3.8) is 0 Å². The van der Waals surface area contributed by atoms with Gasteiger partial charge in [-0.1, -0.05) is 18.7 Å². The van der Waals surface area contributed by atoms with E-state index < -0.39 is 0 Å². The highest BCUT2D eigenvalue weighted by atomic mass is 32.2. The van der Waals surface area contributed by atoms with Crippen LogP contribution < -0.4 is 0 Å². The predicted molar refractivity (Wildman–Crippen MR) is 90.8 cm³/mol. The molecule has 6 heteroatoms. The lowest BCUT2D eigenvalue weighted by atomic mass is 9.97. The van der Waals surface area contributed by atoms with E-state index >= 15 is 0 Å². The van der Waals surface area contributed by atoms with Crippen molar-refractivity contribution >= 4 is 39.3 Å². The Morgan fingerprint density at radius 3 is 2.86 bits per heavy atom. The van der Waals surface area contributed by atoms with E-state index in [0.29, 0.717) is 12.4 Å². The second-order valence-electron chi connectivity index (χ2n) is 5.28. The van der Waals surface area contributed by atoms with E-state index in [-0.39, 0.29) is 5.97 Å². The number of ether oxygens (including phenoxy) is 1. The van der Waals surface area contributed by atoms with E-state index in [9.17, 15) is 4.79 Å². The second-order valence-corrected chi connectivity index (χ2v) is 7.33. The minimum Gasteiger partial charge on any atom is -0.465 e. The minimum absolute atomic E-state index is 0.179. The Labute approximate surface area is 138 Å². The van der Waals surface area contributed by atoms with E-state index in [1.807, 2.05) is 18.3 Å². The van der Waals surface area contributed by atoms with Gasteiger partial charge in [-0.15, -0.1) is 11.3 Å². The van der Waals surface area contributed by atoms with Gasteiger partial charge in [-0.25, -0.2) is 9.97 Å². The maximum absolute atomic E-state index is 11.7. The molecule has 0 amide bonds. The smallest absolute Gasteiger partial charge is 0.316 e. The number of nitrogens with zero attached hydrogens (tertiary/aromatic N) is 2. The van der Waals surface area contributed by atoms with Gasteiger partial charge in [0.15, 0.2) is 0 Å². The van der Waals surface area contributed by atoms with Crippen molar-refractivity contribution in [3.8, 4) is 0 Å². The number of fused-ring (bicyclic) bond motifs is 3. The van der Waals surface area contributed by atoms with Crippen LogP contribution in [0.1, 0.15) is 43.0 Å². The molecule has 3 rings (SSSR count). The molecule has 0 N–H and O–H groups in total. The summed E-state index contributed by atoms with van der Waals surface area (Å²) in [5.74, 6) is 0.993. The third kappa shape index (κ3) is 3.13. The summed E-state index contributed by atoms with van der Waals surface area (Å²) >= 11 is 3.29. The molecule has 4 nitrogen and oxygen atoms in total. The molecule has 0 fully saturated rings. The summed E-state index contributed by atoms with van der Waals surface area (Å²) in [5, 5.41) is 2.14. The van der Waals surface area contributed by atoms with Crippen LogP contribution in [-0.4, -0.2) is 28.3 Å². The van der Waals surface area contributed by atoms with Crippen molar-refractivity contribution < 1.29 is 9.53 Å². The van der Waals surface area contributed by atoms with Crippen molar-refractivity contribution in [1.29, 1.82) is 0 Å². The maximum atomic E-state index is 11.7. The number of thiophene rings is 1. The number of rotatable bonds is 5. The molecule has 118 valence electrons. The molecule has 2 aromatic heterocycles. The molecular formula is C16H20N2O2S2. The number of carbonyl (C=O) groups is 1. The molecular weight excluding hydrogens is 316 g/mol. The zero-order valence-electron chi connectivity index (χ0n) is 13.0. The largest absolute Gasteiger partial charge is 0.465 e. The second kappa shape index (κ2) is 6.96. The van der Waals surface area contributed by atoms with Gasteiger partial charge in [-0.05, 0) is 38.2 Å². The van der Waals surface area contributed by atoms with Crippen molar-refractivity contribution in [2.24, 2.45) is 0 Å². The quantitative estimate of drug-likeness (QED) is 0.472. The van der Waals surface area contributed by atoms with Crippen LogP contribution in [0.25, 0.3) is 10.2 Å². The highest BCUT2D eigenvalue weighted by Gasteiger charge is 2.21. The molecule has 22 heavy (non-hydrogen) atoms. The molecule has 1 aliphatic carbocycles. The fourth-order valence-electron chi connectivity index (χ4n) is 2.76. The number of aromatic nitrogens is 2. The Bertz CT molecular complexity index is 697. The van der Waals surface area contributed by atoms with E-state index in [1.54, 1.807) is 0 Å². The first-order chi connectivity index (χ1) is 10.7. The first-order valence-corrected chi connectivity index (χ1v) is 9.62. The van der Waals surface area contributed by atoms with Gasteiger partial charge in [0.2, 0.25) is 0 Å². The van der Waals surface area contributed by atoms with Gasteiger partial charge in [0.25, 0.3) is 0 Å². The topological polar surface area (TPSA) is 52.1 Å². The van der Waals surface area contributed by atoms with Crippen LogP contribution in [-0.2, 0) is 28.8 Å². The van der Waals surface area contributed by atoms with Gasteiger partial charge in [0.1, 0.15) is 15.7 Å². The molecule has 0 atom stereocenters. The molecule has 0 aliphatic heterocycles. The summed E-state index contributed by atoms with van der Waals surface area (Å²) < 4.78 is 5.03. The molecule has 0 aromatic carbocycles. The molecule has 2 aromatic rings. The molecule has 0 bridgehead atoms. The fourth-order valence-corrected chi connectivity index (χ4v) is 4.98. The molecule has 0 saturated heterocycles. The lowest BCUT2D eigenvalue weighted by Gasteiger charge is -2.11. The Morgan fingerprint density at radius 2 is 2.09 bits per heavy atom. The summed E-state index contributed by atoms with van der Waals surface area (Å²) in [6.45, 7) is 4.32. The number of esters is 1. The van der Waals surface area contributed by atoms with Crippen LogP contribution in [0.15, 0.2) is 5.03 Å². The van der Waals surface area contributed by atoms with Gasteiger partial charge < -0.3 is 4.74 Å². The van der Waals surface area contributed by atoms with Crippen LogP contribution in [0, 0.1) is 0 Å². The highest BCUT2D eigenvalue weighted by Crippen LogP contribution is 2.39. The number of hydrogen-bond donors (Lipinski definition) is 0. The lowest BCUT2D eigenvalue weighted by molar-refractivity contribution is -0.139. The van der Waals surface area contributed by atoms with Crippen LogP contribution in [0.2, 0.25) is 0 Å². The average Bonchev–Trinajstić information content (AvgIpc) is 2.91. The first-order valence-electron chi connectivity index (χ1n) is 7.82. The Kier molecular flexibility index (Phi) is 4.98. The molecule has 0 spiro atoms.